The van der Waals surface area contributed by atoms with Crippen molar-refractivity contribution >= 4 is 12.1 Å². The molecule has 33 heavy (non-hydrogen) atoms. The lowest BCUT2D eigenvalue weighted by Gasteiger charge is -2.23. The third-order valence-corrected chi connectivity index (χ3v) is 4.62. The lowest BCUT2D eigenvalue weighted by Crippen LogP contribution is -2.41. The Morgan fingerprint density at radius 3 is 2.45 bits per heavy atom. The maximum absolute atomic E-state index is 13.6. The van der Waals surface area contributed by atoms with Crippen molar-refractivity contribution in [3.8, 4) is 0 Å². The summed E-state index contributed by atoms with van der Waals surface area (Å²) in [6.07, 6.45) is 6.25. The smallest absolute Gasteiger partial charge is 0.277 e. The molecule has 2 aromatic rings. The van der Waals surface area contributed by atoms with Crippen LogP contribution in [-0.2, 0) is 22.6 Å². The van der Waals surface area contributed by atoms with Gasteiger partial charge in [0.2, 0.25) is 12.3 Å². The van der Waals surface area contributed by atoms with Crippen LogP contribution in [0, 0.1) is 0 Å². The molecule has 1 saturated carbocycles. The Bertz CT molecular complexity index is 826. The highest BCUT2D eigenvalue weighted by Crippen LogP contribution is 2.32. The van der Waals surface area contributed by atoms with Gasteiger partial charge in [-0.25, -0.2) is 27.1 Å². The third kappa shape index (κ3) is 11.4. The zero-order valence-corrected chi connectivity index (χ0v) is 19.4. The SMILES string of the molecule is CN(Cc1cnn2cc(CN)nc2c1)CC(F)(F)CNC=O.COC.FC1(F)CCCCC1. The zero-order chi connectivity index (χ0) is 24.9. The molecule has 1 fully saturated rings. The molecule has 3 rings (SSSR count). The first-order valence-electron chi connectivity index (χ1n) is 10.6. The summed E-state index contributed by atoms with van der Waals surface area (Å²) in [5.41, 5.74) is 7.62. The second kappa shape index (κ2) is 14.1. The van der Waals surface area contributed by atoms with Crippen LogP contribution >= 0.6 is 0 Å². The molecule has 12 heteroatoms. The molecule has 1 aliphatic rings. The molecule has 0 atom stereocenters. The third-order valence-electron chi connectivity index (χ3n) is 4.62. The first-order chi connectivity index (χ1) is 15.6. The summed E-state index contributed by atoms with van der Waals surface area (Å²) >= 11 is 0. The standard InChI is InChI=1S/C13H18F2N6O.C6H10F2.C2H6O/c1-20(8-13(14,15)7-17-9-22)5-10-2-12-19-11(3-16)6-21(12)18-4-10;7-6(8)4-2-1-3-5-6;1-3-2/h2,4,6,9H,3,5,7-8,16H2,1H3,(H,17,22);1-5H2;1-2H3. The quantitative estimate of drug-likeness (QED) is 0.447. The number of carbonyl (C=O) groups is 1. The number of hydrogen-bond acceptors (Lipinski definition) is 6. The van der Waals surface area contributed by atoms with E-state index in [-0.39, 0.29) is 19.3 Å². The Labute approximate surface area is 191 Å². The van der Waals surface area contributed by atoms with Gasteiger partial charge in [0.15, 0.2) is 5.65 Å². The Kier molecular flexibility index (Phi) is 12.2. The monoisotopic (exact) mass is 478 g/mol. The number of amides is 1. The molecular weight excluding hydrogens is 444 g/mol. The minimum Gasteiger partial charge on any atom is -0.388 e. The van der Waals surface area contributed by atoms with Crippen molar-refractivity contribution in [3.05, 3.63) is 29.7 Å². The average Bonchev–Trinajstić information content (AvgIpc) is 3.15. The van der Waals surface area contributed by atoms with E-state index >= 15 is 0 Å². The number of carbonyl (C=O) groups excluding carboxylic acids is 1. The number of rotatable bonds is 8. The molecular formula is C21H34F4N6O2. The summed E-state index contributed by atoms with van der Waals surface area (Å²) in [7, 11) is 4.83. The van der Waals surface area contributed by atoms with Gasteiger partial charge in [0, 0.05) is 40.2 Å². The van der Waals surface area contributed by atoms with Crippen molar-refractivity contribution in [3.63, 3.8) is 0 Å². The molecule has 0 spiro atoms. The van der Waals surface area contributed by atoms with Crippen LogP contribution in [0.4, 0.5) is 17.6 Å². The van der Waals surface area contributed by atoms with Crippen LogP contribution in [0.5, 0.6) is 0 Å². The Morgan fingerprint density at radius 2 is 1.94 bits per heavy atom. The van der Waals surface area contributed by atoms with Crippen molar-refractivity contribution in [1.29, 1.82) is 0 Å². The van der Waals surface area contributed by atoms with E-state index in [4.69, 9.17) is 5.73 Å². The van der Waals surface area contributed by atoms with E-state index in [9.17, 15) is 22.4 Å². The summed E-state index contributed by atoms with van der Waals surface area (Å²) in [6, 6.07) is 1.78. The topological polar surface area (TPSA) is 97.8 Å². The predicted octanol–water partition coefficient (Wildman–Crippen LogP) is 2.85. The number of alkyl halides is 4. The molecule has 188 valence electrons. The Morgan fingerprint density at radius 1 is 1.30 bits per heavy atom. The fraction of sp³-hybridized carbons (Fsp3) is 0.667. The summed E-state index contributed by atoms with van der Waals surface area (Å²) in [5, 5.41) is 6.17. The van der Waals surface area contributed by atoms with Gasteiger partial charge in [0.05, 0.1) is 31.2 Å². The Balaban J connectivity index is 0.000000409. The molecule has 3 N–H and O–H groups in total. The highest BCUT2D eigenvalue weighted by molar-refractivity contribution is 5.46. The summed E-state index contributed by atoms with van der Waals surface area (Å²) < 4.78 is 57.4. The maximum atomic E-state index is 13.6. The number of fused-ring (bicyclic) bond motifs is 1. The van der Waals surface area contributed by atoms with Crippen LogP contribution in [-0.4, -0.2) is 72.1 Å². The molecule has 0 aromatic carbocycles. The van der Waals surface area contributed by atoms with Gasteiger partial charge >= 0.3 is 0 Å². The number of halogens is 4. The van der Waals surface area contributed by atoms with Gasteiger partial charge in [-0.15, -0.1) is 0 Å². The number of ether oxygens (including phenoxy) is 1. The normalized spacial score (nSPS) is 15.3. The lowest BCUT2D eigenvalue weighted by molar-refractivity contribution is -0.111. The molecule has 0 saturated heterocycles. The second-order valence-corrected chi connectivity index (χ2v) is 7.95. The highest BCUT2D eigenvalue weighted by atomic mass is 19.3. The fourth-order valence-corrected chi connectivity index (χ4v) is 3.23. The van der Waals surface area contributed by atoms with Gasteiger partial charge in [0.25, 0.3) is 5.92 Å². The maximum Gasteiger partial charge on any atom is 0.277 e. The van der Waals surface area contributed by atoms with Crippen LogP contribution in [0.1, 0.15) is 43.4 Å². The first kappa shape index (κ1) is 28.7. The van der Waals surface area contributed by atoms with Gasteiger partial charge in [-0.2, -0.15) is 5.10 Å². The van der Waals surface area contributed by atoms with Crippen molar-refractivity contribution in [2.24, 2.45) is 5.73 Å². The van der Waals surface area contributed by atoms with Crippen LogP contribution in [0.2, 0.25) is 0 Å². The van der Waals surface area contributed by atoms with Crippen molar-refractivity contribution < 1.29 is 27.1 Å². The predicted molar refractivity (Wildman–Crippen MR) is 117 cm³/mol. The largest absolute Gasteiger partial charge is 0.388 e. The van der Waals surface area contributed by atoms with Gasteiger partial charge < -0.3 is 15.8 Å². The number of hydrogen-bond donors (Lipinski definition) is 2. The molecule has 0 bridgehead atoms. The van der Waals surface area contributed by atoms with E-state index in [1.165, 1.54) is 4.90 Å². The number of nitrogens with one attached hydrogen (secondary N) is 1. The molecule has 0 radical (unpaired) electrons. The van der Waals surface area contributed by atoms with Gasteiger partial charge in [-0.1, -0.05) is 6.42 Å². The lowest BCUT2D eigenvalue weighted by atomic mass is 9.97. The van der Waals surface area contributed by atoms with E-state index in [2.05, 4.69) is 14.8 Å². The van der Waals surface area contributed by atoms with E-state index in [0.717, 1.165) is 12.0 Å². The summed E-state index contributed by atoms with van der Waals surface area (Å²) in [4.78, 5) is 15.8. The van der Waals surface area contributed by atoms with Crippen LogP contribution in [0.3, 0.4) is 0 Å². The minimum atomic E-state index is -2.99. The van der Waals surface area contributed by atoms with Gasteiger partial charge in [0.1, 0.15) is 0 Å². The van der Waals surface area contributed by atoms with Gasteiger partial charge in [-0.3, -0.25) is 9.69 Å². The fourth-order valence-electron chi connectivity index (χ4n) is 3.23. The number of nitrogens with two attached hydrogens (primary N) is 1. The van der Waals surface area contributed by atoms with E-state index < -0.39 is 24.9 Å². The second-order valence-electron chi connectivity index (χ2n) is 7.95. The molecule has 1 amide bonds. The molecule has 0 aliphatic heterocycles. The van der Waals surface area contributed by atoms with E-state index in [0.29, 0.717) is 37.3 Å². The minimum absolute atomic E-state index is 0.118. The zero-order valence-electron chi connectivity index (χ0n) is 19.4. The summed E-state index contributed by atoms with van der Waals surface area (Å²) in [5.74, 6) is -5.31. The molecule has 8 nitrogen and oxygen atoms in total. The average molecular weight is 479 g/mol. The Hall–Kier alpha value is -2.31. The van der Waals surface area contributed by atoms with Gasteiger partial charge in [-0.05, 0) is 31.5 Å². The van der Waals surface area contributed by atoms with Crippen LogP contribution in [0.15, 0.2) is 18.5 Å². The molecule has 2 heterocycles. The molecule has 2 aromatic heterocycles. The molecule has 0 unspecified atom stereocenters. The highest BCUT2D eigenvalue weighted by Gasteiger charge is 2.30. The summed E-state index contributed by atoms with van der Waals surface area (Å²) in [6.45, 7) is -0.542. The van der Waals surface area contributed by atoms with Crippen LogP contribution in [0.25, 0.3) is 5.65 Å². The van der Waals surface area contributed by atoms with E-state index in [1.54, 1.807) is 44.2 Å². The number of imidazole rings is 1. The van der Waals surface area contributed by atoms with Crippen molar-refractivity contribution in [2.45, 2.75) is 57.0 Å². The number of methoxy groups -OCH3 is 1. The van der Waals surface area contributed by atoms with Crippen molar-refractivity contribution in [1.82, 2.24) is 24.8 Å². The number of aromatic nitrogens is 3. The van der Waals surface area contributed by atoms with E-state index in [1.807, 2.05) is 5.32 Å². The van der Waals surface area contributed by atoms with Crippen molar-refractivity contribution in [2.75, 3.05) is 34.4 Å². The van der Waals surface area contributed by atoms with Crippen LogP contribution < -0.4 is 11.1 Å². The molecule has 1 aliphatic carbocycles. The number of nitrogens with zero attached hydrogens (tertiary/aromatic N) is 4. The first-order valence-corrected chi connectivity index (χ1v) is 10.6.